The van der Waals surface area contributed by atoms with Gasteiger partial charge < -0.3 is 20.3 Å². The van der Waals surface area contributed by atoms with Crippen molar-refractivity contribution in [1.82, 2.24) is 20.4 Å². The molecule has 2 N–H and O–H groups in total. The van der Waals surface area contributed by atoms with Gasteiger partial charge in [-0.3, -0.25) is 14.7 Å². The van der Waals surface area contributed by atoms with Gasteiger partial charge in [0.05, 0.1) is 13.2 Å². The first-order valence-corrected chi connectivity index (χ1v) is 10.5. The first-order valence-electron chi connectivity index (χ1n) is 10.5. The molecule has 2 aliphatic rings. The van der Waals surface area contributed by atoms with Crippen molar-refractivity contribution in [3.05, 3.63) is 0 Å². The second-order valence-corrected chi connectivity index (χ2v) is 8.17. The molecule has 164 valence electrons. The molecule has 0 aromatic rings. The summed E-state index contributed by atoms with van der Waals surface area (Å²) >= 11 is 0. The summed E-state index contributed by atoms with van der Waals surface area (Å²) in [6, 6.07) is 0.511. The van der Waals surface area contributed by atoms with E-state index in [0.717, 1.165) is 64.7 Å². The zero-order valence-electron chi connectivity index (χ0n) is 18.1. The summed E-state index contributed by atoms with van der Waals surface area (Å²) in [6.07, 6.45) is 3.92. The van der Waals surface area contributed by atoms with Crippen molar-refractivity contribution in [2.75, 3.05) is 60.0 Å². The van der Waals surface area contributed by atoms with E-state index in [2.05, 4.69) is 39.3 Å². The maximum absolute atomic E-state index is 11.6. The summed E-state index contributed by atoms with van der Waals surface area (Å²) in [7, 11) is 3.58. The lowest BCUT2D eigenvalue weighted by Crippen LogP contribution is -2.52. The van der Waals surface area contributed by atoms with E-state index < -0.39 is 0 Å². The maximum Gasteiger partial charge on any atom is 0.220 e. The van der Waals surface area contributed by atoms with E-state index in [-0.39, 0.29) is 29.9 Å². The minimum atomic E-state index is 0. The molecule has 1 unspecified atom stereocenters. The second kappa shape index (κ2) is 13.6. The zero-order valence-corrected chi connectivity index (χ0v) is 20.4. The largest absolute Gasteiger partial charge is 0.379 e. The van der Waals surface area contributed by atoms with Crippen LogP contribution in [0, 0.1) is 11.8 Å². The highest BCUT2D eigenvalue weighted by Gasteiger charge is 2.25. The Morgan fingerprint density at radius 2 is 1.82 bits per heavy atom. The minimum absolute atomic E-state index is 0. The first-order chi connectivity index (χ1) is 13.0. The first kappa shape index (κ1) is 25.4. The fourth-order valence-corrected chi connectivity index (χ4v) is 4.10. The molecule has 0 aromatic heterocycles. The van der Waals surface area contributed by atoms with Crippen molar-refractivity contribution in [3.8, 4) is 0 Å². The number of halogens is 1. The number of hydrogen-bond acceptors (Lipinski definition) is 4. The standard InChI is InChI=1S/C20H39N5O2.HI/c1-16(2)13-18(24-9-11-27-12-10-24)15-23-20(22-4)25-7-5-17(6-8-25)14-19(26)21-3;/h16-18H,5-15H2,1-4H3,(H,21,26)(H,22,23);1H. The number of rotatable bonds is 7. The van der Waals surface area contributed by atoms with Crippen molar-refractivity contribution in [1.29, 1.82) is 0 Å². The topological polar surface area (TPSA) is 69.2 Å². The zero-order chi connectivity index (χ0) is 19.6. The fraction of sp³-hybridized carbons (Fsp3) is 0.900. The Morgan fingerprint density at radius 3 is 2.36 bits per heavy atom. The van der Waals surface area contributed by atoms with Gasteiger partial charge in [-0.25, -0.2) is 0 Å². The molecule has 0 radical (unpaired) electrons. The second-order valence-electron chi connectivity index (χ2n) is 8.17. The number of nitrogens with one attached hydrogen (secondary N) is 2. The molecular formula is C20H40IN5O2. The van der Waals surface area contributed by atoms with E-state index in [4.69, 9.17) is 4.74 Å². The van der Waals surface area contributed by atoms with Crippen LogP contribution in [0.25, 0.3) is 0 Å². The van der Waals surface area contributed by atoms with Gasteiger partial charge in [-0.1, -0.05) is 13.8 Å². The predicted molar refractivity (Wildman–Crippen MR) is 125 cm³/mol. The van der Waals surface area contributed by atoms with Crippen LogP contribution in [-0.4, -0.2) is 87.7 Å². The van der Waals surface area contributed by atoms with Gasteiger partial charge in [0.25, 0.3) is 0 Å². The Balaban J connectivity index is 0.00000392. The maximum atomic E-state index is 11.6. The van der Waals surface area contributed by atoms with Crippen LogP contribution in [-0.2, 0) is 9.53 Å². The highest BCUT2D eigenvalue weighted by Crippen LogP contribution is 2.20. The van der Waals surface area contributed by atoms with Crippen molar-refractivity contribution in [3.63, 3.8) is 0 Å². The molecule has 0 aliphatic carbocycles. The molecule has 0 aromatic carbocycles. The number of carbonyl (C=O) groups excluding carboxylic acids is 1. The Morgan fingerprint density at radius 1 is 1.18 bits per heavy atom. The molecule has 0 spiro atoms. The van der Waals surface area contributed by atoms with Crippen molar-refractivity contribution >= 4 is 35.8 Å². The number of piperidine rings is 1. The molecule has 0 saturated carbocycles. The number of amides is 1. The number of guanidine groups is 1. The van der Waals surface area contributed by atoms with Crippen LogP contribution in [0.1, 0.15) is 39.5 Å². The summed E-state index contributed by atoms with van der Waals surface area (Å²) in [5.74, 6) is 2.30. The molecule has 8 heteroatoms. The Bertz CT molecular complexity index is 475. The highest BCUT2D eigenvalue weighted by molar-refractivity contribution is 14.0. The van der Waals surface area contributed by atoms with Crippen LogP contribution in [0.2, 0.25) is 0 Å². The molecule has 2 aliphatic heterocycles. The monoisotopic (exact) mass is 509 g/mol. The lowest BCUT2D eigenvalue weighted by Gasteiger charge is -2.38. The average molecular weight is 509 g/mol. The summed E-state index contributed by atoms with van der Waals surface area (Å²) < 4.78 is 5.52. The van der Waals surface area contributed by atoms with E-state index >= 15 is 0 Å². The Hall–Kier alpha value is -0.610. The third-order valence-corrected chi connectivity index (χ3v) is 5.68. The molecule has 7 nitrogen and oxygen atoms in total. The quantitative estimate of drug-likeness (QED) is 0.311. The third kappa shape index (κ3) is 8.41. The smallest absolute Gasteiger partial charge is 0.220 e. The van der Waals surface area contributed by atoms with Gasteiger partial charge >= 0.3 is 0 Å². The van der Waals surface area contributed by atoms with Crippen LogP contribution in [0.3, 0.4) is 0 Å². The predicted octanol–water partition coefficient (Wildman–Crippen LogP) is 1.77. The van der Waals surface area contributed by atoms with E-state index in [1.165, 1.54) is 6.42 Å². The van der Waals surface area contributed by atoms with Gasteiger partial charge in [0, 0.05) is 59.3 Å². The summed E-state index contributed by atoms with van der Waals surface area (Å²) in [5, 5.41) is 6.36. The lowest BCUT2D eigenvalue weighted by atomic mass is 9.93. The normalized spacial score (nSPS) is 20.6. The molecule has 28 heavy (non-hydrogen) atoms. The van der Waals surface area contributed by atoms with E-state index in [9.17, 15) is 4.79 Å². The van der Waals surface area contributed by atoms with Gasteiger partial charge in [0.2, 0.25) is 5.91 Å². The van der Waals surface area contributed by atoms with Gasteiger partial charge in [0.15, 0.2) is 5.96 Å². The van der Waals surface area contributed by atoms with Gasteiger partial charge in [-0.05, 0) is 31.1 Å². The summed E-state index contributed by atoms with van der Waals surface area (Å²) in [6.45, 7) is 11.1. The number of likely N-dealkylation sites (tertiary alicyclic amines) is 1. The molecule has 2 heterocycles. The van der Waals surface area contributed by atoms with Crippen LogP contribution < -0.4 is 10.6 Å². The third-order valence-electron chi connectivity index (χ3n) is 5.68. The van der Waals surface area contributed by atoms with Crippen molar-refractivity contribution in [2.45, 2.75) is 45.6 Å². The van der Waals surface area contributed by atoms with Crippen LogP contribution in [0.15, 0.2) is 4.99 Å². The van der Waals surface area contributed by atoms with Crippen LogP contribution in [0.4, 0.5) is 0 Å². The number of aliphatic imine (C=N–C) groups is 1. The van der Waals surface area contributed by atoms with E-state index in [1.807, 2.05) is 7.05 Å². The molecule has 1 amide bonds. The Labute approximate surface area is 188 Å². The molecule has 2 fully saturated rings. The molecule has 2 saturated heterocycles. The minimum Gasteiger partial charge on any atom is -0.379 e. The number of carbonyl (C=O) groups is 1. The summed E-state index contributed by atoms with van der Waals surface area (Å²) in [4.78, 5) is 21.0. The number of nitrogens with zero attached hydrogens (tertiary/aromatic N) is 3. The fourth-order valence-electron chi connectivity index (χ4n) is 4.10. The number of hydrogen-bond donors (Lipinski definition) is 2. The highest BCUT2D eigenvalue weighted by atomic mass is 127. The van der Waals surface area contributed by atoms with E-state index in [1.54, 1.807) is 7.05 Å². The molecular weight excluding hydrogens is 469 g/mol. The van der Waals surface area contributed by atoms with Gasteiger partial charge in [-0.15, -0.1) is 24.0 Å². The molecule has 0 bridgehead atoms. The van der Waals surface area contributed by atoms with Crippen molar-refractivity contribution in [2.24, 2.45) is 16.8 Å². The average Bonchev–Trinajstić information content (AvgIpc) is 2.69. The Kier molecular flexibility index (Phi) is 12.3. The SMILES string of the molecule is CN=C(NCC(CC(C)C)N1CCOCC1)N1CCC(CC(=O)NC)CC1.I. The molecule has 2 rings (SSSR count). The molecule has 1 atom stereocenters. The van der Waals surface area contributed by atoms with E-state index in [0.29, 0.717) is 24.3 Å². The van der Waals surface area contributed by atoms with Crippen LogP contribution in [0.5, 0.6) is 0 Å². The number of ether oxygens (including phenoxy) is 1. The van der Waals surface area contributed by atoms with Crippen molar-refractivity contribution < 1.29 is 9.53 Å². The summed E-state index contributed by atoms with van der Waals surface area (Å²) in [5.41, 5.74) is 0. The lowest BCUT2D eigenvalue weighted by molar-refractivity contribution is -0.121. The van der Waals surface area contributed by atoms with Crippen LogP contribution >= 0.6 is 24.0 Å². The number of morpholine rings is 1. The van der Waals surface area contributed by atoms with Gasteiger partial charge in [0.1, 0.15) is 0 Å². The van der Waals surface area contributed by atoms with Gasteiger partial charge in [-0.2, -0.15) is 0 Å².